The van der Waals surface area contributed by atoms with Crippen LogP contribution in [0.4, 0.5) is 18.9 Å². The summed E-state index contributed by atoms with van der Waals surface area (Å²) in [6.07, 6.45) is -4.68. The second kappa shape index (κ2) is 11.2. The highest BCUT2D eigenvalue weighted by Gasteiger charge is 2.34. The van der Waals surface area contributed by atoms with Crippen molar-refractivity contribution in [1.29, 1.82) is 0 Å². The molecule has 178 valence electrons. The largest absolute Gasteiger partial charge is 0.493 e. The van der Waals surface area contributed by atoms with Gasteiger partial charge in [0.15, 0.2) is 18.1 Å². The summed E-state index contributed by atoms with van der Waals surface area (Å²) in [7, 11) is 1.25. The van der Waals surface area contributed by atoms with Crippen molar-refractivity contribution in [3.05, 3.63) is 63.7 Å². The van der Waals surface area contributed by atoms with E-state index < -0.39 is 47.4 Å². The van der Waals surface area contributed by atoms with Gasteiger partial charge in [0.25, 0.3) is 11.6 Å². The van der Waals surface area contributed by atoms with Crippen LogP contribution >= 0.6 is 0 Å². The summed E-state index contributed by atoms with van der Waals surface area (Å²) in [5.41, 5.74) is -0.778. The molecule has 0 N–H and O–H groups in total. The Hall–Kier alpha value is -3.83. The Kier molecular flexibility index (Phi) is 8.60. The summed E-state index contributed by atoms with van der Waals surface area (Å²) < 4.78 is 54.0. The van der Waals surface area contributed by atoms with Crippen molar-refractivity contribution in [1.82, 2.24) is 4.90 Å². The van der Waals surface area contributed by atoms with Crippen LogP contribution in [0.1, 0.15) is 22.8 Å². The quantitative estimate of drug-likeness (QED) is 0.296. The molecule has 1 amide bonds. The summed E-state index contributed by atoms with van der Waals surface area (Å²) >= 11 is 0. The fourth-order valence-electron chi connectivity index (χ4n) is 2.84. The van der Waals surface area contributed by atoms with Crippen molar-refractivity contribution in [2.24, 2.45) is 0 Å². The minimum absolute atomic E-state index is 0.00427. The molecule has 0 unspecified atom stereocenters. The molecule has 9 nitrogen and oxygen atoms in total. The highest BCUT2D eigenvalue weighted by molar-refractivity contribution is 5.96. The molecule has 0 saturated carbocycles. The van der Waals surface area contributed by atoms with Crippen molar-refractivity contribution in [3.63, 3.8) is 0 Å². The Balaban J connectivity index is 2.22. The lowest BCUT2D eigenvalue weighted by molar-refractivity contribution is -0.385. The first kappa shape index (κ1) is 25.4. The van der Waals surface area contributed by atoms with E-state index in [0.717, 1.165) is 12.1 Å². The number of alkyl halides is 3. The third-order valence-corrected chi connectivity index (χ3v) is 4.26. The number of ether oxygens (including phenoxy) is 3. The third kappa shape index (κ3) is 7.37. The lowest BCUT2D eigenvalue weighted by Gasteiger charge is -2.24. The van der Waals surface area contributed by atoms with E-state index in [0.29, 0.717) is 10.5 Å². The van der Waals surface area contributed by atoms with Gasteiger partial charge in [-0.05, 0) is 12.5 Å². The minimum atomic E-state index is -4.68. The van der Waals surface area contributed by atoms with E-state index >= 15 is 0 Å². The first-order valence-electron chi connectivity index (χ1n) is 9.60. The Bertz CT molecular complexity index is 997. The zero-order chi connectivity index (χ0) is 24.6. The van der Waals surface area contributed by atoms with Gasteiger partial charge in [0.1, 0.15) is 12.1 Å². The molecular weight excluding hydrogens is 449 g/mol. The molecule has 0 bridgehead atoms. The molecule has 0 radical (unpaired) electrons. The number of benzene rings is 2. The van der Waals surface area contributed by atoms with E-state index in [1.807, 2.05) is 0 Å². The molecule has 0 saturated heterocycles. The van der Waals surface area contributed by atoms with Gasteiger partial charge >= 0.3 is 12.1 Å². The topological polar surface area (TPSA) is 108 Å². The fraction of sp³-hybridized carbons (Fsp3) is 0.333. The molecule has 2 aromatic rings. The van der Waals surface area contributed by atoms with Crippen molar-refractivity contribution in [2.75, 3.05) is 26.9 Å². The summed E-state index contributed by atoms with van der Waals surface area (Å²) in [4.78, 5) is 35.9. The predicted molar refractivity (Wildman–Crippen MR) is 109 cm³/mol. The molecule has 0 heterocycles. The Morgan fingerprint density at radius 1 is 1.12 bits per heavy atom. The minimum Gasteiger partial charge on any atom is -0.493 e. The van der Waals surface area contributed by atoms with Crippen LogP contribution < -0.4 is 9.47 Å². The van der Waals surface area contributed by atoms with E-state index in [2.05, 4.69) is 0 Å². The number of carbonyl (C=O) groups excluding carboxylic acids is 2. The first-order valence-corrected chi connectivity index (χ1v) is 9.60. The number of rotatable bonds is 10. The number of esters is 1. The zero-order valence-electron chi connectivity index (χ0n) is 17.8. The van der Waals surface area contributed by atoms with Gasteiger partial charge in [-0.2, -0.15) is 13.2 Å². The van der Waals surface area contributed by atoms with Crippen LogP contribution in [0, 0.1) is 10.1 Å². The molecule has 0 aliphatic carbocycles. The van der Waals surface area contributed by atoms with Crippen molar-refractivity contribution in [2.45, 2.75) is 19.6 Å². The molecule has 2 rings (SSSR count). The second-order valence-electron chi connectivity index (χ2n) is 6.64. The van der Waals surface area contributed by atoms with Crippen LogP contribution in [0.3, 0.4) is 0 Å². The Morgan fingerprint density at radius 2 is 1.79 bits per heavy atom. The molecule has 0 aliphatic rings. The molecule has 0 aromatic heterocycles. The molecule has 0 aliphatic heterocycles. The second-order valence-corrected chi connectivity index (χ2v) is 6.64. The Morgan fingerprint density at radius 3 is 2.33 bits per heavy atom. The van der Waals surface area contributed by atoms with Gasteiger partial charge in [-0.1, -0.05) is 30.3 Å². The van der Waals surface area contributed by atoms with Gasteiger partial charge in [-0.15, -0.1) is 0 Å². The number of hydrogen-bond donors (Lipinski definition) is 0. The van der Waals surface area contributed by atoms with Crippen LogP contribution in [0.5, 0.6) is 11.5 Å². The molecule has 0 atom stereocenters. The van der Waals surface area contributed by atoms with Crippen LogP contribution in [-0.4, -0.2) is 54.7 Å². The summed E-state index contributed by atoms with van der Waals surface area (Å²) in [6.45, 7) is -1.18. The zero-order valence-corrected chi connectivity index (χ0v) is 17.8. The molecule has 33 heavy (non-hydrogen) atoms. The van der Waals surface area contributed by atoms with Crippen LogP contribution in [0.25, 0.3) is 0 Å². The smallest absolute Gasteiger partial charge is 0.406 e. The van der Waals surface area contributed by atoms with Gasteiger partial charge in [0.2, 0.25) is 0 Å². The highest BCUT2D eigenvalue weighted by Crippen LogP contribution is 2.35. The van der Waals surface area contributed by atoms with E-state index in [9.17, 15) is 32.9 Å². The number of nitro benzene ring substituents is 1. The van der Waals surface area contributed by atoms with Crippen molar-refractivity contribution in [3.8, 4) is 11.5 Å². The normalized spacial score (nSPS) is 10.9. The maximum atomic E-state index is 13.0. The maximum Gasteiger partial charge on any atom is 0.406 e. The first-order chi connectivity index (χ1) is 15.6. The number of nitro groups is 1. The number of hydrogen-bond acceptors (Lipinski definition) is 7. The molecule has 2 aromatic carbocycles. The Labute approximate surface area is 186 Å². The van der Waals surface area contributed by atoms with Crippen LogP contribution in [0.15, 0.2) is 42.5 Å². The summed E-state index contributed by atoms with van der Waals surface area (Å²) in [5, 5.41) is 11.4. The number of methoxy groups -OCH3 is 1. The molecule has 0 fully saturated rings. The number of nitrogens with zero attached hydrogens (tertiary/aromatic N) is 2. The monoisotopic (exact) mass is 470 g/mol. The molecule has 0 spiro atoms. The SMILES string of the molecule is CCOc1cc(C(=O)OCC(=O)N(Cc2ccccc2)CC(F)(F)F)c([N+](=O)[O-])cc1OC. The van der Waals surface area contributed by atoms with Gasteiger partial charge in [-0.25, -0.2) is 4.79 Å². The lowest BCUT2D eigenvalue weighted by atomic mass is 10.1. The fourth-order valence-corrected chi connectivity index (χ4v) is 2.84. The van der Waals surface area contributed by atoms with Crippen molar-refractivity contribution >= 4 is 17.6 Å². The van der Waals surface area contributed by atoms with E-state index in [-0.39, 0.29) is 24.7 Å². The van der Waals surface area contributed by atoms with Gasteiger partial charge in [-0.3, -0.25) is 14.9 Å². The average molecular weight is 470 g/mol. The lowest BCUT2D eigenvalue weighted by Crippen LogP contribution is -2.40. The summed E-state index contributed by atoms with van der Waals surface area (Å²) in [6, 6.07) is 9.92. The highest BCUT2D eigenvalue weighted by atomic mass is 19.4. The molecular formula is C21H21F3N2O7. The van der Waals surface area contributed by atoms with Gasteiger partial charge in [0.05, 0.1) is 24.7 Å². The van der Waals surface area contributed by atoms with E-state index in [4.69, 9.17) is 14.2 Å². The standard InChI is InChI=1S/C21H21F3N2O7/c1-3-32-18-9-15(16(26(29)30)10-17(18)31-2)20(28)33-12-19(27)25(13-21(22,23)24)11-14-7-5-4-6-8-14/h4-10H,3,11-13H2,1-2H3. The number of amides is 1. The van der Waals surface area contributed by atoms with Gasteiger partial charge in [0, 0.05) is 12.6 Å². The average Bonchev–Trinajstić information content (AvgIpc) is 2.76. The molecule has 12 heteroatoms. The van der Waals surface area contributed by atoms with Crippen LogP contribution in [0.2, 0.25) is 0 Å². The number of carbonyl (C=O) groups is 2. The van der Waals surface area contributed by atoms with Crippen LogP contribution in [-0.2, 0) is 16.1 Å². The summed E-state index contributed by atoms with van der Waals surface area (Å²) in [5.74, 6) is -2.38. The predicted octanol–water partition coefficient (Wildman–Crippen LogP) is 3.75. The van der Waals surface area contributed by atoms with E-state index in [1.165, 1.54) is 7.11 Å². The maximum absolute atomic E-state index is 13.0. The van der Waals surface area contributed by atoms with Crippen molar-refractivity contribution < 1.29 is 41.9 Å². The number of halogens is 3. The third-order valence-electron chi connectivity index (χ3n) is 4.26. The van der Waals surface area contributed by atoms with Gasteiger partial charge < -0.3 is 19.1 Å². The van der Waals surface area contributed by atoms with E-state index in [1.54, 1.807) is 37.3 Å².